The number of para-hydroxylation sites is 1. The number of nitrogens with zero attached hydrogens (tertiary/aromatic N) is 2. The molecule has 0 spiro atoms. The van der Waals surface area contributed by atoms with Crippen molar-refractivity contribution in [1.82, 2.24) is 4.98 Å². The van der Waals surface area contributed by atoms with Crippen LogP contribution in [0.15, 0.2) is 48.5 Å². The second-order valence-corrected chi connectivity index (χ2v) is 5.24. The topological polar surface area (TPSA) is 48.7 Å². The lowest BCUT2D eigenvalue weighted by atomic mass is 10.2. The Bertz CT molecular complexity index is 722. The van der Waals surface area contributed by atoms with Crippen LogP contribution in [-0.4, -0.2) is 4.98 Å². The Kier molecular flexibility index (Phi) is 3.13. The highest BCUT2D eigenvalue weighted by molar-refractivity contribution is 7.18. The standard InChI is InChI=1S/C15H11N3S/c16-9-11-4-3-5-12(8-11)17-10-15-18-13-6-1-2-7-14(13)19-15/h1-8,17H,10H2. The van der Waals surface area contributed by atoms with Crippen LogP contribution in [0.25, 0.3) is 10.2 Å². The maximum absolute atomic E-state index is 8.85. The van der Waals surface area contributed by atoms with E-state index in [1.165, 1.54) is 4.70 Å². The molecule has 0 aliphatic heterocycles. The first-order valence-corrected chi connectivity index (χ1v) is 6.75. The number of benzene rings is 2. The Morgan fingerprint density at radius 1 is 1.16 bits per heavy atom. The second kappa shape index (κ2) is 5.09. The first kappa shape index (κ1) is 11.7. The third kappa shape index (κ3) is 2.56. The van der Waals surface area contributed by atoms with Gasteiger partial charge in [-0.25, -0.2) is 4.98 Å². The number of hydrogen-bond donors (Lipinski definition) is 1. The summed E-state index contributed by atoms with van der Waals surface area (Å²) in [4.78, 5) is 4.56. The fraction of sp³-hybridized carbons (Fsp3) is 0.0667. The molecular formula is C15H11N3S. The van der Waals surface area contributed by atoms with Gasteiger partial charge in [-0.3, -0.25) is 0 Å². The number of fused-ring (bicyclic) bond motifs is 1. The van der Waals surface area contributed by atoms with E-state index in [4.69, 9.17) is 5.26 Å². The molecule has 3 aromatic rings. The average molecular weight is 265 g/mol. The Morgan fingerprint density at radius 2 is 2.05 bits per heavy atom. The van der Waals surface area contributed by atoms with Crippen LogP contribution in [0.4, 0.5) is 5.69 Å². The summed E-state index contributed by atoms with van der Waals surface area (Å²) in [6, 6.07) is 17.7. The van der Waals surface area contributed by atoms with Crippen molar-refractivity contribution in [3.05, 3.63) is 59.1 Å². The Labute approximate surface area is 115 Å². The Morgan fingerprint density at radius 3 is 2.89 bits per heavy atom. The van der Waals surface area contributed by atoms with Gasteiger partial charge in [0.2, 0.25) is 0 Å². The molecule has 0 fully saturated rings. The molecule has 1 heterocycles. The van der Waals surface area contributed by atoms with Crippen molar-refractivity contribution in [3.63, 3.8) is 0 Å². The van der Waals surface area contributed by atoms with Crippen molar-refractivity contribution in [1.29, 1.82) is 5.26 Å². The molecule has 0 bridgehead atoms. The number of rotatable bonds is 3. The third-order valence-electron chi connectivity index (χ3n) is 2.77. The van der Waals surface area contributed by atoms with Crippen LogP contribution < -0.4 is 5.32 Å². The van der Waals surface area contributed by atoms with E-state index in [1.54, 1.807) is 17.4 Å². The summed E-state index contributed by atoms with van der Waals surface area (Å²) in [5.41, 5.74) is 2.64. The minimum atomic E-state index is 0.661. The molecule has 2 aromatic carbocycles. The normalized spacial score (nSPS) is 10.3. The molecule has 4 heteroatoms. The molecule has 0 atom stereocenters. The zero-order valence-corrected chi connectivity index (χ0v) is 10.9. The van der Waals surface area contributed by atoms with Gasteiger partial charge in [-0.05, 0) is 30.3 Å². The zero-order valence-electron chi connectivity index (χ0n) is 10.1. The van der Waals surface area contributed by atoms with Gasteiger partial charge in [-0.1, -0.05) is 18.2 Å². The Balaban J connectivity index is 1.76. The van der Waals surface area contributed by atoms with Crippen molar-refractivity contribution in [3.8, 4) is 6.07 Å². The van der Waals surface area contributed by atoms with E-state index >= 15 is 0 Å². The molecule has 19 heavy (non-hydrogen) atoms. The van der Waals surface area contributed by atoms with E-state index in [1.807, 2.05) is 36.4 Å². The maximum Gasteiger partial charge on any atom is 0.113 e. The molecule has 92 valence electrons. The molecule has 0 aliphatic carbocycles. The molecule has 0 saturated heterocycles. The molecule has 3 rings (SSSR count). The predicted octanol–water partition coefficient (Wildman–Crippen LogP) is 3.78. The molecule has 3 nitrogen and oxygen atoms in total. The highest BCUT2D eigenvalue weighted by atomic mass is 32.1. The number of nitriles is 1. The molecular weight excluding hydrogens is 254 g/mol. The summed E-state index contributed by atoms with van der Waals surface area (Å²) in [5.74, 6) is 0. The van der Waals surface area contributed by atoms with Crippen LogP contribution in [0.2, 0.25) is 0 Å². The fourth-order valence-electron chi connectivity index (χ4n) is 1.87. The summed E-state index contributed by atoms with van der Waals surface area (Å²) < 4.78 is 1.20. The third-order valence-corrected chi connectivity index (χ3v) is 3.81. The van der Waals surface area contributed by atoms with Crippen molar-refractivity contribution in [2.24, 2.45) is 0 Å². The fourth-order valence-corrected chi connectivity index (χ4v) is 2.78. The van der Waals surface area contributed by atoms with Crippen molar-refractivity contribution in [2.75, 3.05) is 5.32 Å². The first-order valence-electron chi connectivity index (χ1n) is 5.93. The van der Waals surface area contributed by atoms with E-state index in [9.17, 15) is 0 Å². The number of hydrogen-bond acceptors (Lipinski definition) is 4. The molecule has 0 unspecified atom stereocenters. The van der Waals surface area contributed by atoms with Gasteiger partial charge in [-0.15, -0.1) is 11.3 Å². The van der Waals surface area contributed by atoms with Gasteiger partial charge < -0.3 is 5.32 Å². The van der Waals surface area contributed by atoms with Gasteiger partial charge >= 0.3 is 0 Å². The lowest BCUT2D eigenvalue weighted by Gasteiger charge is -2.03. The van der Waals surface area contributed by atoms with Crippen LogP contribution >= 0.6 is 11.3 Å². The monoisotopic (exact) mass is 265 g/mol. The lowest BCUT2D eigenvalue weighted by Crippen LogP contribution is -1.98. The van der Waals surface area contributed by atoms with Gasteiger partial charge in [0.05, 0.1) is 28.4 Å². The van der Waals surface area contributed by atoms with Gasteiger partial charge in [0.1, 0.15) is 5.01 Å². The second-order valence-electron chi connectivity index (χ2n) is 4.12. The Hall–Kier alpha value is -2.38. The van der Waals surface area contributed by atoms with E-state index < -0.39 is 0 Å². The van der Waals surface area contributed by atoms with Crippen LogP contribution in [0.3, 0.4) is 0 Å². The SMILES string of the molecule is N#Cc1cccc(NCc2nc3ccccc3s2)c1. The first-order chi connectivity index (χ1) is 9.35. The molecule has 1 N–H and O–H groups in total. The van der Waals surface area contributed by atoms with Gasteiger partial charge in [0, 0.05) is 5.69 Å². The van der Waals surface area contributed by atoms with Crippen molar-refractivity contribution >= 4 is 27.2 Å². The summed E-state index contributed by atoms with van der Waals surface area (Å²) in [6.07, 6.45) is 0. The van der Waals surface area contributed by atoms with Crippen molar-refractivity contribution < 1.29 is 0 Å². The van der Waals surface area contributed by atoms with E-state index in [0.717, 1.165) is 16.2 Å². The predicted molar refractivity (Wildman–Crippen MR) is 78.1 cm³/mol. The summed E-state index contributed by atoms with van der Waals surface area (Å²) in [7, 11) is 0. The van der Waals surface area contributed by atoms with Crippen LogP contribution in [0.1, 0.15) is 10.6 Å². The zero-order chi connectivity index (χ0) is 13.1. The summed E-state index contributed by atoms with van der Waals surface area (Å²) in [6.45, 7) is 0.675. The number of aromatic nitrogens is 1. The average Bonchev–Trinajstić information content (AvgIpc) is 2.88. The lowest BCUT2D eigenvalue weighted by molar-refractivity contribution is 1.12. The van der Waals surface area contributed by atoms with Crippen LogP contribution in [-0.2, 0) is 6.54 Å². The van der Waals surface area contributed by atoms with Crippen LogP contribution in [0, 0.1) is 11.3 Å². The number of anilines is 1. The maximum atomic E-state index is 8.85. The van der Waals surface area contributed by atoms with E-state index in [-0.39, 0.29) is 0 Å². The highest BCUT2D eigenvalue weighted by Crippen LogP contribution is 2.22. The van der Waals surface area contributed by atoms with E-state index in [2.05, 4.69) is 22.4 Å². The smallest absolute Gasteiger partial charge is 0.113 e. The summed E-state index contributed by atoms with van der Waals surface area (Å²) in [5, 5.41) is 13.2. The molecule has 0 aliphatic rings. The number of thiazole rings is 1. The van der Waals surface area contributed by atoms with Crippen molar-refractivity contribution in [2.45, 2.75) is 6.54 Å². The quantitative estimate of drug-likeness (QED) is 0.784. The molecule has 0 radical (unpaired) electrons. The van der Waals surface area contributed by atoms with Gasteiger partial charge in [-0.2, -0.15) is 5.26 Å². The largest absolute Gasteiger partial charge is 0.378 e. The molecule has 0 saturated carbocycles. The van der Waals surface area contributed by atoms with Gasteiger partial charge in [0.15, 0.2) is 0 Å². The minimum Gasteiger partial charge on any atom is -0.378 e. The van der Waals surface area contributed by atoms with Crippen LogP contribution in [0.5, 0.6) is 0 Å². The molecule has 0 amide bonds. The number of nitrogens with one attached hydrogen (secondary N) is 1. The van der Waals surface area contributed by atoms with E-state index in [0.29, 0.717) is 12.1 Å². The highest BCUT2D eigenvalue weighted by Gasteiger charge is 2.02. The summed E-state index contributed by atoms with van der Waals surface area (Å²) >= 11 is 1.69. The molecule has 1 aromatic heterocycles. The van der Waals surface area contributed by atoms with Gasteiger partial charge in [0.25, 0.3) is 0 Å². The minimum absolute atomic E-state index is 0.661.